The summed E-state index contributed by atoms with van der Waals surface area (Å²) in [5.74, 6) is 0.944. The first-order valence-corrected chi connectivity index (χ1v) is 6.87. The highest BCUT2D eigenvalue weighted by atomic mass is 15.4. The Morgan fingerprint density at radius 2 is 2.14 bits per heavy atom. The van der Waals surface area contributed by atoms with Crippen molar-refractivity contribution in [2.45, 2.75) is 26.3 Å². The van der Waals surface area contributed by atoms with Crippen molar-refractivity contribution in [3.8, 4) is 5.95 Å². The molecule has 0 aromatic carbocycles. The van der Waals surface area contributed by atoms with Crippen LogP contribution in [0.3, 0.4) is 0 Å². The quantitative estimate of drug-likeness (QED) is 0.695. The van der Waals surface area contributed by atoms with E-state index in [1.165, 1.54) is 17.3 Å². The van der Waals surface area contributed by atoms with Crippen LogP contribution >= 0.6 is 0 Å². The van der Waals surface area contributed by atoms with Crippen molar-refractivity contribution in [3.63, 3.8) is 0 Å². The molecule has 2 aromatic heterocycles. The van der Waals surface area contributed by atoms with Gasteiger partial charge in [-0.25, -0.2) is 4.98 Å². The fraction of sp³-hybridized carbons (Fsp3) is 0.583. The van der Waals surface area contributed by atoms with E-state index in [4.69, 9.17) is 5.73 Å². The van der Waals surface area contributed by atoms with Gasteiger partial charge in [0, 0.05) is 12.6 Å². The molecule has 0 aliphatic heterocycles. The van der Waals surface area contributed by atoms with Crippen molar-refractivity contribution in [1.82, 2.24) is 34.6 Å². The summed E-state index contributed by atoms with van der Waals surface area (Å²) in [6.45, 7) is 6.10. The van der Waals surface area contributed by atoms with Crippen molar-refractivity contribution in [2.24, 2.45) is 0 Å². The minimum atomic E-state index is 0.150. The van der Waals surface area contributed by atoms with E-state index in [0.717, 1.165) is 19.5 Å². The minimum Gasteiger partial charge on any atom is -0.368 e. The number of nitrogens with one attached hydrogen (secondary N) is 1. The Balaban J connectivity index is 1.92. The van der Waals surface area contributed by atoms with Gasteiger partial charge in [0.05, 0.1) is 0 Å². The highest BCUT2D eigenvalue weighted by Crippen LogP contribution is 2.06. The third kappa shape index (κ3) is 4.35. The van der Waals surface area contributed by atoms with Crippen LogP contribution in [0.15, 0.2) is 12.7 Å². The Kier molecular flexibility index (Phi) is 4.99. The average Bonchev–Trinajstić information content (AvgIpc) is 2.96. The zero-order valence-electron chi connectivity index (χ0n) is 12.6. The number of hydrogen-bond donors (Lipinski definition) is 2. The SMILES string of the molecule is CC(C)N(C)CCCNc1nc(N)nc(-n2cncn2)n1. The zero-order valence-corrected chi connectivity index (χ0v) is 12.6. The summed E-state index contributed by atoms with van der Waals surface area (Å²) in [6, 6.07) is 0.539. The maximum Gasteiger partial charge on any atom is 0.258 e. The summed E-state index contributed by atoms with van der Waals surface area (Å²) < 4.78 is 1.44. The van der Waals surface area contributed by atoms with Crippen LogP contribution in [0, 0.1) is 0 Å². The van der Waals surface area contributed by atoms with Gasteiger partial charge in [-0.1, -0.05) is 0 Å². The summed E-state index contributed by atoms with van der Waals surface area (Å²) >= 11 is 0. The Bertz CT molecular complexity index is 552. The van der Waals surface area contributed by atoms with Crippen molar-refractivity contribution in [3.05, 3.63) is 12.7 Å². The Morgan fingerprint density at radius 1 is 1.33 bits per heavy atom. The maximum atomic E-state index is 5.69. The van der Waals surface area contributed by atoms with Gasteiger partial charge >= 0.3 is 0 Å². The van der Waals surface area contributed by atoms with Gasteiger partial charge in [0.2, 0.25) is 11.9 Å². The first-order valence-electron chi connectivity index (χ1n) is 6.87. The molecule has 0 atom stereocenters. The lowest BCUT2D eigenvalue weighted by Crippen LogP contribution is -2.28. The van der Waals surface area contributed by atoms with Gasteiger partial charge in [-0.05, 0) is 33.9 Å². The standard InChI is InChI=1S/C12H21N9/c1-9(2)20(3)6-4-5-15-11-17-10(13)18-12(19-11)21-8-14-7-16-21/h7-9H,4-6H2,1-3H3,(H3,13,15,17,18,19). The lowest BCUT2D eigenvalue weighted by molar-refractivity contribution is 0.273. The smallest absolute Gasteiger partial charge is 0.258 e. The van der Waals surface area contributed by atoms with Crippen LogP contribution in [0.1, 0.15) is 20.3 Å². The summed E-state index contributed by atoms with van der Waals surface area (Å²) in [6.07, 6.45) is 3.91. The van der Waals surface area contributed by atoms with Gasteiger partial charge < -0.3 is 16.0 Å². The third-order valence-corrected chi connectivity index (χ3v) is 3.12. The number of anilines is 2. The van der Waals surface area contributed by atoms with Crippen molar-refractivity contribution >= 4 is 11.9 Å². The summed E-state index contributed by atoms with van der Waals surface area (Å²) in [7, 11) is 2.11. The number of nitrogens with zero attached hydrogens (tertiary/aromatic N) is 7. The van der Waals surface area contributed by atoms with E-state index in [2.05, 4.69) is 56.1 Å². The molecule has 9 heteroatoms. The third-order valence-electron chi connectivity index (χ3n) is 3.12. The molecule has 21 heavy (non-hydrogen) atoms. The average molecular weight is 291 g/mol. The van der Waals surface area contributed by atoms with Crippen LogP contribution in [0.4, 0.5) is 11.9 Å². The van der Waals surface area contributed by atoms with Crippen LogP contribution in [-0.4, -0.2) is 60.8 Å². The molecular formula is C12H21N9. The predicted octanol–water partition coefficient (Wildman–Crippen LogP) is 0.177. The van der Waals surface area contributed by atoms with Gasteiger partial charge in [0.15, 0.2) is 0 Å². The Morgan fingerprint density at radius 3 is 2.81 bits per heavy atom. The van der Waals surface area contributed by atoms with Crippen molar-refractivity contribution in [1.29, 1.82) is 0 Å². The molecule has 0 amide bonds. The van der Waals surface area contributed by atoms with Crippen LogP contribution < -0.4 is 11.1 Å². The first-order chi connectivity index (χ1) is 10.1. The van der Waals surface area contributed by atoms with Gasteiger partial charge in [-0.3, -0.25) is 0 Å². The van der Waals surface area contributed by atoms with E-state index in [9.17, 15) is 0 Å². The fourth-order valence-electron chi connectivity index (χ4n) is 1.66. The molecule has 0 saturated heterocycles. The van der Waals surface area contributed by atoms with E-state index in [0.29, 0.717) is 17.9 Å². The number of hydrogen-bond acceptors (Lipinski definition) is 8. The van der Waals surface area contributed by atoms with Crippen LogP contribution in [0.25, 0.3) is 5.95 Å². The molecule has 0 spiro atoms. The minimum absolute atomic E-state index is 0.150. The topological polar surface area (TPSA) is 111 Å². The molecule has 3 N–H and O–H groups in total. The normalized spacial score (nSPS) is 11.3. The second-order valence-corrected chi connectivity index (χ2v) is 5.01. The highest BCUT2D eigenvalue weighted by Gasteiger charge is 2.07. The summed E-state index contributed by atoms with van der Waals surface area (Å²) in [4.78, 5) is 18.5. The molecule has 0 aliphatic rings. The van der Waals surface area contributed by atoms with E-state index >= 15 is 0 Å². The Hall–Kier alpha value is -2.29. The highest BCUT2D eigenvalue weighted by molar-refractivity contribution is 5.34. The lowest BCUT2D eigenvalue weighted by Gasteiger charge is -2.20. The van der Waals surface area contributed by atoms with Crippen molar-refractivity contribution < 1.29 is 0 Å². The summed E-state index contributed by atoms with van der Waals surface area (Å²) in [5, 5.41) is 7.12. The summed E-state index contributed by atoms with van der Waals surface area (Å²) in [5.41, 5.74) is 5.69. The predicted molar refractivity (Wildman–Crippen MR) is 80.0 cm³/mol. The molecular weight excluding hydrogens is 270 g/mol. The maximum absolute atomic E-state index is 5.69. The largest absolute Gasteiger partial charge is 0.368 e. The number of aromatic nitrogens is 6. The molecule has 0 radical (unpaired) electrons. The molecule has 2 heterocycles. The molecule has 9 nitrogen and oxygen atoms in total. The molecule has 0 saturated carbocycles. The zero-order chi connectivity index (χ0) is 15.2. The number of nitrogens with two attached hydrogens (primary N) is 1. The molecule has 0 fully saturated rings. The van der Waals surface area contributed by atoms with Crippen LogP contribution in [0.5, 0.6) is 0 Å². The van der Waals surface area contributed by atoms with E-state index < -0.39 is 0 Å². The second-order valence-electron chi connectivity index (χ2n) is 5.01. The van der Waals surface area contributed by atoms with Gasteiger partial charge in [-0.2, -0.15) is 24.7 Å². The number of nitrogen functional groups attached to an aromatic ring is 1. The lowest BCUT2D eigenvalue weighted by atomic mass is 10.3. The molecule has 0 unspecified atom stereocenters. The van der Waals surface area contributed by atoms with E-state index in [1.807, 2.05) is 0 Å². The van der Waals surface area contributed by atoms with Gasteiger partial charge in [0.25, 0.3) is 5.95 Å². The fourth-order valence-corrected chi connectivity index (χ4v) is 1.66. The van der Waals surface area contributed by atoms with Crippen molar-refractivity contribution in [2.75, 3.05) is 31.2 Å². The second kappa shape index (κ2) is 6.93. The van der Waals surface area contributed by atoms with Gasteiger partial charge in [0.1, 0.15) is 12.7 Å². The van der Waals surface area contributed by atoms with Crippen LogP contribution in [-0.2, 0) is 0 Å². The number of rotatable bonds is 7. The van der Waals surface area contributed by atoms with Crippen LogP contribution in [0.2, 0.25) is 0 Å². The molecule has 114 valence electrons. The van der Waals surface area contributed by atoms with Gasteiger partial charge in [-0.15, -0.1) is 0 Å². The molecule has 2 rings (SSSR count). The molecule has 0 aliphatic carbocycles. The van der Waals surface area contributed by atoms with E-state index in [-0.39, 0.29) is 5.95 Å². The Labute approximate surface area is 123 Å². The first kappa shape index (κ1) is 15.1. The monoisotopic (exact) mass is 291 g/mol. The van der Waals surface area contributed by atoms with E-state index in [1.54, 1.807) is 0 Å². The molecule has 0 bridgehead atoms. The molecule has 2 aromatic rings.